The van der Waals surface area contributed by atoms with Gasteiger partial charge in [0.05, 0.1) is 26.8 Å². The van der Waals surface area contributed by atoms with Gasteiger partial charge in [-0.3, -0.25) is 9.89 Å². The zero-order valence-corrected chi connectivity index (χ0v) is 16.7. The van der Waals surface area contributed by atoms with Crippen molar-refractivity contribution in [2.45, 2.75) is 25.3 Å². The first-order valence-corrected chi connectivity index (χ1v) is 9.78. The monoisotopic (exact) mass is 382 g/mol. The molecule has 1 aliphatic rings. The maximum atomic E-state index is 6.16. The number of nitrogens with zero attached hydrogens (tertiary/aromatic N) is 2. The third kappa shape index (κ3) is 5.39. The number of hydrogen-bond acceptors (Lipinski definition) is 4. The van der Waals surface area contributed by atoms with Crippen LogP contribution in [0.5, 0.6) is 11.5 Å². The van der Waals surface area contributed by atoms with Gasteiger partial charge in [-0.2, -0.15) is 0 Å². The second-order valence-electron chi connectivity index (χ2n) is 6.97. The van der Waals surface area contributed by atoms with Crippen molar-refractivity contribution in [2.75, 3.05) is 39.2 Å². The summed E-state index contributed by atoms with van der Waals surface area (Å²) >= 11 is 0. The number of anilines is 1. The summed E-state index contributed by atoms with van der Waals surface area (Å²) in [5.41, 5.74) is 8.26. The van der Waals surface area contributed by atoms with Gasteiger partial charge < -0.3 is 20.5 Å². The van der Waals surface area contributed by atoms with Crippen molar-refractivity contribution in [3.63, 3.8) is 0 Å². The minimum atomic E-state index is 0.205. The van der Waals surface area contributed by atoms with E-state index in [-0.39, 0.29) is 6.04 Å². The van der Waals surface area contributed by atoms with Crippen LogP contribution in [0, 0.1) is 0 Å². The van der Waals surface area contributed by atoms with Crippen molar-refractivity contribution in [1.82, 2.24) is 4.90 Å². The molecule has 150 valence electrons. The average molecular weight is 383 g/mol. The largest absolute Gasteiger partial charge is 0.497 e. The molecule has 2 aromatic carbocycles. The Morgan fingerprint density at radius 3 is 2.43 bits per heavy atom. The molecular weight excluding hydrogens is 352 g/mol. The minimum Gasteiger partial charge on any atom is -0.497 e. The van der Waals surface area contributed by atoms with E-state index >= 15 is 0 Å². The van der Waals surface area contributed by atoms with Gasteiger partial charge in [-0.15, -0.1) is 0 Å². The molecule has 3 N–H and O–H groups in total. The summed E-state index contributed by atoms with van der Waals surface area (Å²) in [5, 5.41) is 3.15. The van der Waals surface area contributed by atoms with Crippen LogP contribution in [0.25, 0.3) is 0 Å². The number of benzene rings is 2. The van der Waals surface area contributed by atoms with Crippen LogP contribution in [-0.2, 0) is 0 Å². The standard InChI is InChI=1S/C22H30N4O2/c1-27-19-11-9-17(10-12-19)21(26-13-4-3-5-14-26)16-24-22(23)25-18-7-6-8-20(15-18)28-2/h6-12,15,21H,3-5,13-14,16H2,1-2H3,(H3,23,24,25). The molecule has 6 nitrogen and oxygen atoms in total. The van der Waals surface area contributed by atoms with Gasteiger partial charge in [0.25, 0.3) is 0 Å². The fourth-order valence-corrected chi connectivity index (χ4v) is 3.56. The normalized spacial score (nSPS) is 16.4. The molecular formula is C22H30N4O2. The number of guanidine groups is 1. The summed E-state index contributed by atoms with van der Waals surface area (Å²) in [6.45, 7) is 2.79. The van der Waals surface area contributed by atoms with Gasteiger partial charge in [0.2, 0.25) is 0 Å². The molecule has 0 aromatic heterocycles. The van der Waals surface area contributed by atoms with E-state index in [0.29, 0.717) is 12.5 Å². The number of nitrogens with one attached hydrogen (secondary N) is 1. The molecule has 0 saturated carbocycles. The summed E-state index contributed by atoms with van der Waals surface area (Å²) in [7, 11) is 3.33. The van der Waals surface area contributed by atoms with E-state index < -0.39 is 0 Å². The highest BCUT2D eigenvalue weighted by Gasteiger charge is 2.22. The van der Waals surface area contributed by atoms with E-state index in [2.05, 4.69) is 27.3 Å². The highest BCUT2D eigenvalue weighted by molar-refractivity contribution is 5.92. The van der Waals surface area contributed by atoms with Crippen LogP contribution in [-0.4, -0.2) is 44.7 Å². The summed E-state index contributed by atoms with van der Waals surface area (Å²) in [6, 6.07) is 16.1. The zero-order valence-electron chi connectivity index (χ0n) is 16.7. The number of nitrogens with two attached hydrogens (primary N) is 1. The van der Waals surface area contributed by atoms with Gasteiger partial charge in [-0.05, 0) is 55.8 Å². The third-order valence-corrected chi connectivity index (χ3v) is 5.11. The molecule has 1 atom stereocenters. The molecule has 0 spiro atoms. The van der Waals surface area contributed by atoms with Crippen LogP contribution < -0.4 is 20.5 Å². The van der Waals surface area contributed by atoms with Crippen molar-refractivity contribution in [3.05, 3.63) is 54.1 Å². The number of hydrogen-bond donors (Lipinski definition) is 2. The van der Waals surface area contributed by atoms with Crippen molar-refractivity contribution in [2.24, 2.45) is 10.7 Å². The fourth-order valence-electron chi connectivity index (χ4n) is 3.56. The number of piperidine rings is 1. The summed E-state index contributed by atoms with van der Waals surface area (Å²) in [6.07, 6.45) is 3.76. The molecule has 1 unspecified atom stereocenters. The molecule has 1 aliphatic heterocycles. The average Bonchev–Trinajstić information content (AvgIpc) is 2.75. The van der Waals surface area contributed by atoms with E-state index in [0.717, 1.165) is 30.3 Å². The Balaban J connectivity index is 1.72. The van der Waals surface area contributed by atoms with Gasteiger partial charge in [0, 0.05) is 11.8 Å². The lowest BCUT2D eigenvalue weighted by molar-refractivity contribution is 0.168. The van der Waals surface area contributed by atoms with Crippen molar-refractivity contribution in [1.29, 1.82) is 0 Å². The number of aliphatic imine (C=N–C) groups is 1. The first-order chi connectivity index (χ1) is 13.7. The smallest absolute Gasteiger partial charge is 0.193 e. The molecule has 1 saturated heterocycles. The maximum absolute atomic E-state index is 6.16. The summed E-state index contributed by atoms with van der Waals surface area (Å²) in [5.74, 6) is 2.05. The minimum absolute atomic E-state index is 0.205. The van der Waals surface area contributed by atoms with Crippen LogP contribution in [0.1, 0.15) is 30.9 Å². The van der Waals surface area contributed by atoms with E-state index in [1.807, 2.05) is 36.4 Å². The van der Waals surface area contributed by atoms with E-state index in [1.54, 1.807) is 14.2 Å². The highest BCUT2D eigenvalue weighted by Crippen LogP contribution is 2.26. The predicted molar refractivity (Wildman–Crippen MR) is 114 cm³/mol. The molecule has 0 aliphatic carbocycles. The molecule has 3 rings (SSSR count). The van der Waals surface area contributed by atoms with Crippen LogP contribution in [0.3, 0.4) is 0 Å². The van der Waals surface area contributed by atoms with Crippen molar-refractivity contribution in [3.8, 4) is 11.5 Å². The Hall–Kier alpha value is -2.73. The number of rotatable bonds is 7. The van der Waals surface area contributed by atoms with Crippen molar-refractivity contribution >= 4 is 11.6 Å². The molecule has 0 amide bonds. The molecule has 2 aromatic rings. The number of ether oxygens (including phenoxy) is 2. The van der Waals surface area contributed by atoms with Crippen LogP contribution in [0.4, 0.5) is 5.69 Å². The summed E-state index contributed by atoms with van der Waals surface area (Å²) in [4.78, 5) is 7.15. The molecule has 28 heavy (non-hydrogen) atoms. The predicted octanol–water partition coefficient (Wildman–Crippen LogP) is 3.66. The Morgan fingerprint density at radius 2 is 1.75 bits per heavy atom. The Morgan fingerprint density at radius 1 is 1.04 bits per heavy atom. The van der Waals surface area contributed by atoms with Gasteiger partial charge in [-0.25, -0.2) is 0 Å². The molecule has 6 heteroatoms. The maximum Gasteiger partial charge on any atom is 0.193 e. The van der Waals surface area contributed by atoms with Gasteiger partial charge in [0.15, 0.2) is 5.96 Å². The molecule has 1 fully saturated rings. The van der Waals surface area contributed by atoms with E-state index in [4.69, 9.17) is 15.2 Å². The number of likely N-dealkylation sites (tertiary alicyclic amines) is 1. The van der Waals surface area contributed by atoms with Crippen LogP contribution in [0.15, 0.2) is 53.5 Å². The Bertz CT molecular complexity index is 770. The topological polar surface area (TPSA) is 72.1 Å². The Kier molecular flexibility index (Phi) is 7.14. The Labute approximate surface area is 167 Å². The second-order valence-corrected chi connectivity index (χ2v) is 6.97. The lowest BCUT2D eigenvalue weighted by atomic mass is 10.0. The van der Waals surface area contributed by atoms with Crippen molar-refractivity contribution < 1.29 is 9.47 Å². The van der Waals surface area contributed by atoms with E-state index in [1.165, 1.54) is 24.8 Å². The first-order valence-electron chi connectivity index (χ1n) is 9.78. The quantitative estimate of drug-likeness (QED) is 0.565. The van der Waals surface area contributed by atoms with Gasteiger partial charge in [-0.1, -0.05) is 24.6 Å². The lowest BCUT2D eigenvalue weighted by Gasteiger charge is -2.34. The molecule has 0 radical (unpaired) electrons. The van der Waals surface area contributed by atoms with Crippen LogP contribution in [0.2, 0.25) is 0 Å². The van der Waals surface area contributed by atoms with Gasteiger partial charge in [0.1, 0.15) is 11.5 Å². The van der Waals surface area contributed by atoms with Gasteiger partial charge >= 0.3 is 0 Å². The lowest BCUT2D eigenvalue weighted by Crippen LogP contribution is -2.36. The molecule has 1 heterocycles. The first kappa shape index (κ1) is 20.0. The van der Waals surface area contributed by atoms with Crippen LogP contribution >= 0.6 is 0 Å². The highest BCUT2D eigenvalue weighted by atomic mass is 16.5. The van der Waals surface area contributed by atoms with E-state index in [9.17, 15) is 0 Å². The number of methoxy groups -OCH3 is 2. The summed E-state index contributed by atoms with van der Waals surface area (Å²) < 4.78 is 10.5. The zero-order chi connectivity index (χ0) is 19.8. The third-order valence-electron chi connectivity index (χ3n) is 5.11. The fraction of sp³-hybridized carbons (Fsp3) is 0.409. The SMILES string of the molecule is COc1ccc(C(CN=C(N)Nc2cccc(OC)c2)N2CCCCC2)cc1. The second kappa shape index (κ2) is 9.99. The molecule has 0 bridgehead atoms.